The molecule has 1 aliphatic rings. The standard InChI is InChI=1S/C11H15N3O2S/c1-8(2)7-12-11-13-9-5-3-4-6-10(9)17(15,16)14-11/h3-6,8H,7H2,1-2H3,(H2,12,13,14). The molecule has 1 aromatic carbocycles. The number of guanidine groups is 1. The molecule has 0 aliphatic carbocycles. The molecule has 1 heterocycles. The number of sulfonamides is 1. The second-order valence-corrected chi connectivity index (χ2v) is 5.88. The molecule has 0 fully saturated rings. The van der Waals surface area contributed by atoms with Gasteiger partial charge in [0.25, 0.3) is 10.0 Å². The lowest BCUT2D eigenvalue weighted by atomic mass is 10.2. The number of nitrogens with one attached hydrogen (secondary N) is 2. The minimum Gasteiger partial charge on any atom is -0.355 e. The monoisotopic (exact) mass is 253 g/mol. The number of rotatable bonds is 2. The number of benzene rings is 1. The average molecular weight is 253 g/mol. The molecule has 0 unspecified atom stereocenters. The molecule has 0 atom stereocenters. The number of fused-ring (bicyclic) bond motifs is 1. The van der Waals surface area contributed by atoms with Gasteiger partial charge in [-0.05, 0) is 18.1 Å². The molecule has 0 bridgehead atoms. The molecule has 0 spiro atoms. The highest BCUT2D eigenvalue weighted by Gasteiger charge is 2.23. The molecule has 0 aromatic heterocycles. The molecule has 5 nitrogen and oxygen atoms in total. The molecule has 1 aliphatic heterocycles. The Kier molecular flexibility index (Phi) is 3.06. The zero-order chi connectivity index (χ0) is 12.5. The van der Waals surface area contributed by atoms with E-state index in [1.54, 1.807) is 24.3 Å². The van der Waals surface area contributed by atoms with Crippen LogP contribution < -0.4 is 10.6 Å². The van der Waals surface area contributed by atoms with E-state index in [1.165, 1.54) is 0 Å². The fourth-order valence-corrected chi connectivity index (χ4v) is 2.59. The molecule has 0 amide bonds. The predicted octanol–water partition coefficient (Wildman–Crippen LogP) is 1.40. The normalized spacial score (nSPS) is 17.0. The zero-order valence-electron chi connectivity index (χ0n) is 9.77. The van der Waals surface area contributed by atoms with Gasteiger partial charge in [-0.25, -0.2) is 0 Å². The maximum absolute atomic E-state index is 11.9. The Labute approximate surface area is 101 Å². The summed E-state index contributed by atoms with van der Waals surface area (Å²) >= 11 is 0. The summed E-state index contributed by atoms with van der Waals surface area (Å²) in [5.41, 5.74) is 0.564. The van der Waals surface area contributed by atoms with Gasteiger partial charge in [-0.15, -0.1) is 4.40 Å². The van der Waals surface area contributed by atoms with Crippen molar-refractivity contribution in [3.63, 3.8) is 0 Å². The van der Waals surface area contributed by atoms with Crippen molar-refractivity contribution in [2.24, 2.45) is 10.3 Å². The predicted molar refractivity (Wildman–Crippen MR) is 67.5 cm³/mol. The van der Waals surface area contributed by atoms with Gasteiger partial charge in [0, 0.05) is 6.54 Å². The van der Waals surface area contributed by atoms with Gasteiger partial charge in [0.15, 0.2) is 0 Å². The van der Waals surface area contributed by atoms with Crippen LogP contribution in [0.1, 0.15) is 13.8 Å². The van der Waals surface area contributed by atoms with E-state index in [0.29, 0.717) is 18.2 Å². The van der Waals surface area contributed by atoms with Crippen molar-refractivity contribution in [2.75, 3.05) is 11.9 Å². The Balaban J connectivity index is 2.29. The van der Waals surface area contributed by atoms with E-state index in [0.717, 1.165) is 0 Å². The van der Waals surface area contributed by atoms with Crippen LogP contribution in [0, 0.1) is 5.92 Å². The molecule has 0 radical (unpaired) electrons. The third kappa shape index (κ3) is 2.58. The first kappa shape index (κ1) is 11.9. The highest BCUT2D eigenvalue weighted by atomic mass is 32.2. The topological polar surface area (TPSA) is 70.6 Å². The van der Waals surface area contributed by atoms with Gasteiger partial charge in [0.2, 0.25) is 5.96 Å². The lowest BCUT2D eigenvalue weighted by Gasteiger charge is -2.19. The number of para-hydroxylation sites is 1. The van der Waals surface area contributed by atoms with Gasteiger partial charge < -0.3 is 10.6 Å². The lowest BCUT2D eigenvalue weighted by molar-refractivity contribution is 0.595. The smallest absolute Gasteiger partial charge is 0.287 e. The third-order valence-corrected chi connectivity index (χ3v) is 3.64. The van der Waals surface area contributed by atoms with Gasteiger partial charge in [0.05, 0.1) is 5.69 Å². The summed E-state index contributed by atoms with van der Waals surface area (Å²) in [6, 6.07) is 6.73. The van der Waals surface area contributed by atoms with Crippen LogP contribution in [-0.2, 0) is 10.0 Å². The molecular weight excluding hydrogens is 238 g/mol. The van der Waals surface area contributed by atoms with Crippen LogP contribution in [0.25, 0.3) is 0 Å². The van der Waals surface area contributed by atoms with E-state index in [2.05, 4.69) is 15.0 Å². The largest absolute Gasteiger partial charge is 0.355 e. The van der Waals surface area contributed by atoms with E-state index in [9.17, 15) is 8.42 Å². The van der Waals surface area contributed by atoms with E-state index in [-0.39, 0.29) is 10.9 Å². The van der Waals surface area contributed by atoms with E-state index in [4.69, 9.17) is 0 Å². The molecule has 2 N–H and O–H groups in total. The van der Waals surface area contributed by atoms with Crippen LogP contribution in [0.3, 0.4) is 0 Å². The highest BCUT2D eigenvalue weighted by Crippen LogP contribution is 2.25. The summed E-state index contributed by atoms with van der Waals surface area (Å²) in [7, 11) is -3.58. The summed E-state index contributed by atoms with van der Waals surface area (Å²) in [6.45, 7) is 4.75. The number of anilines is 1. The Morgan fingerprint density at radius 3 is 2.76 bits per heavy atom. The molecule has 6 heteroatoms. The quantitative estimate of drug-likeness (QED) is 0.836. The SMILES string of the molecule is CC(C)CNC1=NS(=O)(=O)c2ccccc2N1. The maximum atomic E-state index is 11.9. The Morgan fingerprint density at radius 1 is 1.35 bits per heavy atom. The fraction of sp³-hybridized carbons (Fsp3) is 0.364. The van der Waals surface area contributed by atoms with Crippen molar-refractivity contribution in [1.82, 2.24) is 5.32 Å². The van der Waals surface area contributed by atoms with E-state index in [1.807, 2.05) is 13.8 Å². The summed E-state index contributed by atoms with van der Waals surface area (Å²) in [5, 5.41) is 5.94. The summed E-state index contributed by atoms with van der Waals surface area (Å²) in [4.78, 5) is 0.218. The van der Waals surface area contributed by atoms with E-state index < -0.39 is 10.0 Å². The highest BCUT2D eigenvalue weighted by molar-refractivity contribution is 7.90. The Bertz CT molecular complexity index is 550. The van der Waals surface area contributed by atoms with Gasteiger partial charge in [-0.3, -0.25) is 0 Å². The Hall–Kier alpha value is -1.56. The summed E-state index contributed by atoms with van der Waals surface area (Å²) < 4.78 is 27.4. The van der Waals surface area contributed by atoms with Gasteiger partial charge in [0.1, 0.15) is 4.90 Å². The van der Waals surface area contributed by atoms with Gasteiger partial charge in [-0.2, -0.15) is 8.42 Å². The Morgan fingerprint density at radius 2 is 2.06 bits per heavy atom. The van der Waals surface area contributed by atoms with Crippen molar-refractivity contribution >= 4 is 21.7 Å². The van der Waals surface area contributed by atoms with Crippen LogP contribution in [0.2, 0.25) is 0 Å². The number of nitrogens with zero attached hydrogens (tertiary/aromatic N) is 1. The maximum Gasteiger partial charge on any atom is 0.287 e. The van der Waals surface area contributed by atoms with Crippen molar-refractivity contribution in [3.8, 4) is 0 Å². The minimum absolute atomic E-state index is 0.218. The molecule has 1 aromatic rings. The fourth-order valence-electron chi connectivity index (χ4n) is 1.49. The molecule has 2 rings (SSSR count). The third-order valence-electron chi connectivity index (χ3n) is 2.31. The van der Waals surface area contributed by atoms with Crippen LogP contribution in [0.5, 0.6) is 0 Å². The number of hydrogen-bond acceptors (Lipinski definition) is 4. The number of hydrogen-bond donors (Lipinski definition) is 2. The first-order valence-corrected chi connectivity index (χ1v) is 6.88. The first-order chi connectivity index (χ1) is 7.99. The molecule has 0 saturated carbocycles. The first-order valence-electron chi connectivity index (χ1n) is 5.44. The van der Waals surface area contributed by atoms with E-state index >= 15 is 0 Å². The van der Waals surface area contributed by atoms with Crippen LogP contribution >= 0.6 is 0 Å². The van der Waals surface area contributed by atoms with Crippen LogP contribution in [0.4, 0.5) is 5.69 Å². The van der Waals surface area contributed by atoms with Gasteiger partial charge >= 0.3 is 0 Å². The second kappa shape index (κ2) is 4.37. The minimum atomic E-state index is -3.58. The van der Waals surface area contributed by atoms with Crippen molar-refractivity contribution in [3.05, 3.63) is 24.3 Å². The summed E-state index contributed by atoms with van der Waals surface area (Å²) in [5.74, 6) is 0.705. The zero-order valence-corrected chi connectivity index (χ0v) is 10.6. The molecule has 92 valence electrons. The summed E-state index contributed by atoms with van der Waals surface area (Å²) in [6.07, 6.45) is 0. The average Bonchev–Trinajstić information content (AvgIpc) is 2.25. The van der Waals surface area contributed by atoms with Crippen LogP contribution in [0.15, 0.2) is 33.6 Å². The lowest BCUT2D eigenvalue weighted by Crippen LogP contribution is -2.36. The molecule has 17 heavy (non-hydrogen) atoms. The molecule has 0 saturated heterocycles. The van der Waals surface area contributed by atoms with Crippen LogP contribution in [-0.4, -0.2) is 20.9 Å². The van der Waals surface area contributed by atoms with Crippen molar-refractivity contribution in [2.45, 2.75) is 18.7 Å². The second-order valence-electron chi connectivity index (χ2n) is 4.31. The van der Waals surface area contributed by atoms with Crippen molar-refractivity contribution in [1.29, 1.82) is 0 Å². The van der Waals surface area contributed by atoms with Crippen molar-refractivity contribution < 1.29 is 8.42 Å². The molecular formula is C11H15N3O2S. The van der Waals surface area contributed by atoms with Gasteiger partial charge in [-0.1, -0.05) is 26.0 Å².